The van der Waals surface area contributed by atoms with Crippen molar-refractivity contribution in [1.82, 2.24) is 14.5 Å². The van der Waals surface area contributed by atoms with Gasteiger partial charge in [0.05, 0.1) is 6.54 Å². The second kappa shape index (κ2) is 5.25. The molecule has 2 aliphatic rings. The van der Waals surface area contributed by atoms with E-state index in [2.05, 4.69) is 27.6 Å². The summed E-state index contributed by atoms with van der Waals surface area (Å²) in [5.74, 6) is 2.07. The Morgan fingerprint density at radius 1 is 1.47 bits per heavy atom. The van der Waals surface area contributed by atoms with Crippen LogP contribution >= 0.6 is 0 Å². The summed E-state index contributed by atoms with van der Waals surface area (Å²) in [5.41, 5.74) is 6.44. The fourth-order valence-corrected chi connectivity index (χ4v) is 3.99. The zero-order valence-electron chi connectivity index (χ0n) is 12.0. The lowest BCUT2D eigenvalue weighted by atomic mass is 9.73. The molecule has 0 bridgehead atoms. The molecule has 1 aliphatic heterocycles. The predicted molar refractivity (Wildman–Crippen MR) is 76.7 cm³/mol. The first kappa shape index (κ1) is 13.1. The third kappa shape index (κ3) is 2.32. The summed E-state index contributed by atoms with van der Waals surface area (Å²) in [6, 6.07) is 0. The first-order chi connectivity index (χ1) is 9.27. The molecular formula is C15H26N4. The van der Waals surface area contributed by atoms with Gasteiger partial charge in [-0.15, -0.1) is 0 Å². The van der Waals surface area contributed by atoms with Crippen LogP contribution in [0.15, 0.2) is 12.4 Å². The zero-order chi connectivity index (χ0) is 13.3. The van der Waals surface area contributed by atoms with E-state index in [0.29, 0.717) is 0 Å². The number of nitrogens with zero attached hydrogens (tertiary/aromatic N) is 3. The molecule has 1 aromatic rings. The zero-order valence-corrected chi connectivity index (χ0v) is 12.0. The number of hydrogen-bond acceptors (Lipinski definition) is 3. The lowest BCUT2D eigenvalue weighted by Crippen LogP contribution is -2.58. The molecule has 4 nitrogen and oxygen atoms in total. The summed E-state index contributed by atoms with van der Waals surface area (Å²) < 4.78 is 2.28. The molecule has 4 heteroatoms. The largest absolute Gasteiger partial charge is 0.333 e. The highest BCUT2D eigenvalue weighted by atomic mass is 15.3. The van der Waals surface area contributed by atoms with E-state index in [1.54, 1.807) is 0 Å². The van der Waals surface area contributed by atoms with Gasteiger partial charge in [-0.3, -0.25) is 4.90 Å². The summed E-state index contributed by atoms with van der Waals surface area (Å²) in [7, 11) is 0. The Bertz CT molecular complexity index is 428. The van der Waals surface area contributed by atoms with Crippen LogP contribution in [0.2, 0.25) is 0 Å². The Balaban J connectivity index is 1.79. The molecule has 0 saturated heterocycles. The van der Waals surface area contributed by atoms with Crippen LogP contribution in [0, 0.1) is 5.92 Å². The molecule has 0 radical (unpaired) electrons. The summed E-state index contributed by atoms with van der Waals surface area (Å²) in [6.07, 6.45) is 10.6. The van der Waals surface area contributed by atoms with Crippen molar-refractivity contribution < 1.29 is 0 Å². The van der Waals surface area contributed by atoms with E-state index in [0.717, 1.165) is 32.1 Å². The average molecular weight is 262 g/mol. The molecule has 0 amide bonds. The van der Waals surface area contributed by atoms with Gasteiger partial charge in [-0.25, -0.2) is 4.98 Å². The second-order valence-electron chi connectivity index (χ2n) is 6.26. The Labute approximate surface area is 116 Å². The molecule has 2 N–H and O–H groups in total. The lowest BCUT2D eigenvalue weighted by molar-refractivity contribution is 0.0133. The van der Waals surface area contributed by atoms with Gasteiger partial charge in [0.15, 0.2) is 0 Å². The Morgan fingerprint density at radius 2 is 2.37 bits per heavy atom. The maximum Gasteiger partial charge on any atom is 0.122 e. The van der Waals surface area contributed by atoms with Crippen molar-refractivity contribution >= 4 is 0 Å². The molecule has 3 rings (SSSR count). The first-order valence-corrected chi connectivity index (χ1v) is 7.72. The van der Waals surface area contributed by atoms with Gasteiger partial charge in [0.2, 0.25) is 0 Å². The Morgan fingerprint density at radius 3 is 3.16 bits per heavy atom. The van der Waals surface area contributed by atoms with E-state index >= 15 is 0 Å². The minimum atomic E-state index is 0.232. The van der Waals surface area contributed by atoms with Crippen LogP contribution < -0.4 is 5.73 Å². The smallest absolute Gasteiger partial charge is 0.122 e. The maximum absolute atomic E-state index is 6.21. The number of aromatic nitrogens is 2. The van der Waals surface area contributed by atoms with Gasteiger partial charge in [-0.05, 0) is 18.8 Å². The van der Waals surface area contributed by atoms with Gasteiger partial charge in [-0.2, -0.15) is 0 Å². The van der Waals surface area contributed by atoms with E-state index in [1.807, 2.05) is 6.20 Å². The third-order valence-corrected chi connectivity index (χ3v) is 5.30. The van der Waals surface area contributed by atoms with E-state index in [4.69, 9.17) is 5.73 Å². The molecule has 2 heterocycles. The van der Waals surface area contributed by atoms with Crippen molar-refractivity contribution in [3.63, 3.8) is 0 Å². The Hall–Kier alpha value is -0.870. The van der Waals surface area contributed by atoms with Crippen LogP contribution in [-0.2, 0) is 13.1 Å². The molecule has 0 spiro atoms. The molecule has 106 valence electrons. The SMILES string of the molecule is CCC1CCCC(CN)(N2CCn3ccnc3C2)C1. The van der Waals surface area contributed by atoms with Crippen LogP contribution in [0.4, 0.5) is 0 Å². The van der Waals surface area contributed by atoms with Crippen molar-refractivity contribution in [1.29, 1.82) is 0 Å². The van der Waals surface area contributed by atoms with Gasteiger partial charge in [0.1, 0.15) is 5.82 Å². The number of imidazole rings is 1. The van der Waals surface area contributed by atoms with Crippen LogP contribution in [-0.4, -0.2) is 33.1 Å². The molecular weight excluding hydrogens is 236 g/mol. The van der Waals surface area contributed by atoms with Crippen molar-refractivity contribution in [2.24, 2.45) is 11.7 Å². The summed E-state index contributed by atoms with van der Waals surface area (Å²) in [4.78, 5) is 7.11. The number of rotatable bonds is 3. The summed E-state index contributed by atoms with van der Waals surface area (Å²) in [6.45, 7) is 6.27. The molecule has 1 aromatic heterocycles. The van der Waals surface area contributed by atoms with Crippen LogP contribution in [0.1, 0.15) is 44.9 Å². The van der Waals surface area contributed by atoms with E-state index < -0.39 is 0 Å². The van der Waals surface area contributed by atoms with Crippen molar-refractivity contribution in [2.75, 3.05) is 13.1 Å². The minimum absolute atomic E-state index is 0.232. The minimum Gasteiger partial charge on any atom is -0.333 e. The number of fused-ring (bicyclic) bond motifs is 1. The molecule has 2 atom stereocenters. The van der Waals surface area contributed by atoms with E-state index in [-0.39, 0.29) is 5.54 Å². The fourth-order valence-electron chi connectivity index (χ4n) is 3.99. The molecule has 2 unspecified atom stereocenters. The van der Waals surface area contributed by atoms with Crippen molar-refractivity contribution in [3.05, 3.63) is 18.2 Å². The molecule has 1 fully saturated rings. The number of nitrogens with two attached hydrogens (primary N) is 1. The van der Waals surface area contributed by atoms with Crippen LogP contribution in [0.25, 0.3) is 0 Å². The lowest BCUT2D eigenvalue weighted by Gasteiger charge is -2.49. The normalized spacial score (nSPS) is 32.2. The molecule has 1 saturated carbocycles. The highest BCUT2D eigenvalue weighted by molar-refractivity contribution is 5.03. The van der Waals surface area contributed by atoms with E-state index in [9.17, 15) is 0 Å². The number of hydrogen-bond donors (Lipinski definition) is 1. The Kier molecular flexibility index (Phi) is 3.63. The quantitative estimate of drug-likeness (QED) is 0.906. The van der Waals surface area contributed by atoms with Gasteiger partial charge in [0, 0.05) is 37.6 Å². The van der Waals surface area contributed by atoms with E-state index in [1.165, 1.54) is 37.9 Å². The standard InChI is InChI=1S/C15H26N4/c1-2-13-4-3-5-15(10-13,12-16)19-9-8-18-7-6-17-14(18)11-19/h6-7,13H,2-5,8-12,16H2,1H3. The van der Waals surface area contributed by atoms with Crippen LogP contribution in [0.5, 0.6) is 0 Å². The summed E-state index contributed by atoms with van der Waals surface area (Å²) in [5, 5.41) is 0. The predicted octanol–water partition coefficient (Wildman–Crippen LogP) is 2.00. The molecule has 0 aromatic carbocycles. The maximum atomic E-state index is 6.21. The van der Waals surface area contributed by atoms with Crippen LogP contribution in [0.3, 0.4) is 0 Å². The second-order valence-corrected chi connectivity index (χ2v) is 6.26. The first-order valence-electron chi connectivity index (χ1n) is 7.72. The van der Waals surface area contributed by atoms with Gasteiger partial charge < -0.3 is 10.3 Å². The highest BCUT2D eigenvalue weighted by Crippen LogP contribution is 2.39. The molecule has 19 heavy (non-hydrogen) atoms. The topological polar surface area (TPSA) is 47.1 Å². The molecule has 1 aliphatic carbocycles. The van der Waals surface area contributed by atoms with Crippen molar-refractivity contribution in [2.45, 2.75) is 57.7 Å². The summed E-state index contributed by atoms with van der Waals surface area (Å²) >= 11 is 0. The van der Waals surface area contributed by atoms with Gasteiger partial charge >= 0.3 is 0 Å². The monoisotopic (exact) mass is 262 g/mol. The average Bonchev–Trinajstić information content (AvgIpc) is 2.94. The highest BCUT2D eigenvalue weighted by Gasteiger charge is 2.41. The van der Waals surface area contributed by atoms with Gasteiger partial charge in [0.25, 0.3) is 0 Å². The fraction of sp³-hybridized carbons (Fsp3) is 0.800. The third-order valence-electron chi connectivity index (χ3n) is 5.30. The van der Waals surface area contributed by atoms with Crippen molar-refractivity contribution in [3.8, 4) is 0 Å². The van der Waals surface area contributed by atoms with Gasteiger partial charge in [-0.1, -0.05) is 26.2 Å².